The van der Waals surface area contributed by atoms with Crippen LogP contribution in [0.3, 0.4) is 0 Å². The van der Waals surface area contributed by atoms with E-state index in [0.717, 1.165) is 43.6 Å². The lowest BCUT2D eigenvalue weighted by Gasteiger charge is -2.36. The summed E-state index contributed by atoms with van der Waals surface area (Å²) in [5.41, 5.74) is 8.10. The summed E-state index contributed by atoms with van der Waals surface area (Å²) in [4.78, 5) is 0. The van der Waals surface area contributed by atoms with Crippen LogP contribution in [0.15, 0.2) is 91.1 Å². The lowest BCUT2D eigenvalue weighted by molar-refractivity contribution is 0.206. The lowest BCUT2D eigenvalue weighted by Crippen LogP contribution is -2.36. The summed E-state index contributed by atoms with van der Waals surface area (Å²) in [5.74, 6) is 2.91. The Labute approximate surface area is 243 Å². The molecular weight excluding hydrogens is 482 g/mol. The Balaban J connectivity index is 1.11. The second kappa shape index (κ2) is 12.8. The van der Waals surface area contributed by atoms with Gasteiger partial charge in [-0.1, -0.05) is 143 Å². The summed E-state index contributed by atoms with van der Waals surface area (Å²) in [6.45, 7) is 5.82. The van der Waals surface area contributed by atoms with Gasteiger partial charge in [-0.25, -0.2) is 0 Å². The van der Waals surface area contributed by atoms with Gasteiger partial charge < -0.3 is 5.32 Å². The highest BCUT2D eigenvalue weighted by Crippen LogP contribution is 2.54. The molecule has 0 spiro atoms. The largest absolute Gasteiger partial charge is 0.388 e. The zero-order valence-corrected chi connectivity index (χ0v) is 24.6. The lowest BCUT2D eigenvalue weighted by atomic mass is 9.71. The average molecular weight is 532 g/mol. The molecule has 0 aromatic heterocycles. The first-order valence-electron chi connectivity index (χ1n) is 16.4. The summed E-state index contributed by atoms with van der Waals surface area (Å²) >= 11 is 0. The van der Waals surface area contributed by atoms with Crippen LogP contribution in [0.5, 0.6) is 0 Å². The van der Waals surface area contributed by atoms with Gasteiger partial charge in [-0.3, -0.25) is 0 Å². The van der Waals surface area contributed by atoms with Crippen molar-refractivity contribution in [3.05, 3.63) is 108 Å². The summed E-state index contributed by atoms with van der Waals surface area (Å²) in [5, 5.41) is 3.93. The number of nitrogens with one attached hydrogen (secondary N) is 1. The molecule has 1 nitrogen and oxygen atoms in total. The molecule has 0 heterocycles. The van der Waals surface area contributed by atoms with E-state index in [1.54, 1.807) is 0 Å². The van der Waals surface area contributed by atoms with Gasteiger partial charge in [-0.2, -0.15) is 0 Å². The van der Waals surface area contributed by atoms with Gasteiger partial charge in [0.05, 0.1) is 5.41 Å². The minimum Gasteiger partial charge on any atom is -0.388 e. The van der Waals surface area contributed by atoms with E-state index >= 15 is 0 Å². The number of hydrogen-bond donors (Lipinski definition) is 1. The fourth-order valence-corrected chi connectivity index (χ4v) is 8.50. The van der Waals surface area contributed by atoms with Crippen molar-refractivity contribution in [2.45, 2.75) is 95.3 Å². The van der Waals surface area contributed by atoms with E-state index in [1.807, 2.05) is 0 Å². The summed E-state index contributed by atoms with van der Waals surface area (Å²) in [6, 6.07) is 29.1. The molecule has 0 unspecified atom stereocenters. The Bertz CT molecular complexity index is 1200. The second-order valence-electron chi connectivity index (χ2n) is 13.2. The maximum atomic E-state index is 4.78. The third-order valence-corrected chi connectivity index (χ3v) is 10.7. The number of fused-ring (bicyclic) bond motifs is 3. The van der Waals surface area contributed by atoms with Crippen LogP contribution in [-0.4, -0.2) is 6.54 Å². The van der Waals surface area contributed by atoms with Gasteiger partial charge >= 0.3 is 0 Å². The standard InChI is InChI=1S/C39H49N/c1-30(40-28-26-32-22-24-34(25-23-32)29-33-15-6-3-7-16-33)39(27-12-17-31-13-4-2-5-14-31)37-20-10-8-18-35(37)36-19-9-11-21-38(36)39/h2,4-5,8-11,13-14,18-21,32-34,40H,1,3,6-7,12,15-17,22-29H2. The summed E-state index contributed by atoms with van der Waals surface area (Å²) in [7, 11) is 0. The van der Waals surface area contributed by atoms with E-state index in [2.05, 4.69) is 84.2 Å². The molecule has 1 heteroatoms. The number of rotatable bonds is 11. The molecule has 0 amide bonds. The van der Waals surface area contributed by atoms with Crippen molar-refractivity contribution in [1.29, 1.82) is 0 Å². The molecule has 2 saturated carbocycles. The first kappa shape index (κ1) is 27.4. The Kier molecular flexibility index (Phi) is 8.76. The van der Waals surface area contributed by atoms with Crippen molar-refractivity contribution in [2.24, 2.45) is 17.8 Å². The van der Waals surface area contributed by atoms with Gasteiger partial charge in [0.2, 0.25) is 0 Å². The van der Waals surface area contributed by atoms with Crippen LogP contribution in [-0.2, 0) is 11.8 Å². The molecule has 1 N–H and O–H groups in total. The first-order valence-corrected chi connectivity index (χ1v) is 16.4. The number of hydrogen-bond acceptors (Lipinski definition) is 1. The van der Waals surface area contributed by atoms with Crippen LogP contribution in [0, 0.1) is 17.8 Å². The van der Waals surface area contributed by atoms with Crippen molar-refractivity contribution >= 4 is 0 Å². The normalized spacial score (nSPS) is 21.9. The second-order valence-corrected chi connectivity index (χ2v) is 13.2. The smallest absolute Gasteiger partial charge is 0.0604 e. The van der Waals surface area contributed by atoms with Crippen LogP contribution < -0.4 is 5.32 Å². The van der Waals surface area contributed by atoms with Crippen LogP contribution in [0.4, 0.5) is 0 Å². The monoisotopic (exact) mass is 531 g/mol. The molecule has 3 aromatic rings. The molecular formula is C39H49N. The van der Waals surface area contributed by atoms with Crippen molar-refractivity contribution in [3.63, 3.8) is 0 Å². The van der Waals surface area contributed by atoms with Gasteiger partial charge in [0, 0.05) is 12.2 Å². The number of allylic oxidation sites excluding steroid dienone is 1. The molecule has 0 atom stereocenters. The van der Waals surface area contributed by atoms with E-state index in [-0.39, 0.29) is 5.41 Å². The molecule has 3 aliphatic rings. The summed E-state index contributed by atoms with van der Waals surface area (Å²) in [6.07, 6.45) is 19.4. The molecule has 0 bridgehead atoms. The molecule has 0 saturated heterocycles. The van der Waals surface area contributed by atoms with Crippen molar-refractivity contribution < 1.29 is 0 Å². The van der Waals surface area contributed by atoms with Gasteiger partial charge in [0.25, 0.3) is 0 Å². The molecule has 40 heavy (non-hydrogen) atoms. The quantitative estimate of drug-likeness (QED) is 0.259. The zero-order valence-electron chi connectivity index (χ0n) is 24.6. The zero-order chi connectivity index (χ0) is 27.2. The van der Waals surface area contributed by atoms with Crippen LogP contribution >= 0.6 is 0 Å². The highest BCUT2D eigenvalue weighted by Gasteiger charge is 2.44. The van der Waals surface area contributed by atoms with E-state index in [1.165, 1.54) is 104 Å². The van der Waals surface area contributed by atoms with Crippen LogP contribution in [0.1, 0.15) is 100 Å². The number of aryl methyl sites for hydroxylation is 1. The minimum absolute atomic E-state index is 0.167. The minimum atomic E-state index is -0.167. The molecule has 3 aliphatic carbocycles. The highest BCUT2D eigenvalue weighted by atomic mass is 14.9. The fourth-order valence-electron chi connectivity index (χ4n) is 8.50. The van der Waals surface area contributed by atoms with Crippen molar-refractivity contribution in [2.75, 3.05) is 6.54 Å². The molecule has 2 fully saturated rings. The molecule has 3 aromatic carbocycles. The Hall–Kier alpha value is -2.80. The SMILES string of the molecule is C=C(NCCC1CCC(CC2CCCCC2)CC1)C1(CCCc2ccccc2)c2ccccc2-c2ccccc21. The van der Waals surface area contributed by atoms with Gasteiger partial charge in [0.15, 0.2) is 0 Å². The van der Waals surface area contributed by atoms with Crippen LogP contribution in [0.2, 0.25) is 0 Å². The average Bonchev–Trinajstić information content (AvgIpc) is 3.30. The fraction of sp³-hybridized carbons (Fsp3) is 0.487. The predicted octanol–water partition coefficient (Wildman–Crippen LogP) is 10.2. The summed E-state index contributed by atoms with van der Waals surface area (Å²) < 4.78 is 0. The van der Waals surface area contributed by atoms with Gasteiger partial charge in [0.1, 0.15) is 0 Å². The van der Waals surface area contributed by atoms with E-state index < -0.39 is 0 Å². The van der Waals surface area contributed by atoms with E-state index in [0.29, 0.717) is 0 Å². The molecule has 210 valence electrons. The topological polar surface area (TPSA) is 12.0 Å². The number of benzene rings is 3. The van der Waals surface area contributed by atoms with Crippen molar-refractivity contribution in [3.8, 4) is 11.1 Å². The third kappa shape index (κ3) is 5.81. The van der Waals surface area contributed by atoms with Crippen LogP contribution in [0.25, 0.3) is 11.1 Å². The first-order chi connectivity index (χ1) is 19.7. The third-order valence-electron chi connectivity index (χ3n) is 10.7. The Morgan fingerprint density at radius 3 is 1.93 bits per heavy atom. The maximum Gasteiger partial charge on any atom is 0.0604 e. The highest BCUT2D eigenvalue weighted by molar-refractivity contribution is 5.82. The maximum absolute atomic E-state index is 4.78. The Morgan fingerprint density at radius 2 is 1.25 bits per heavy atom. The van der Waals surface area contributed by atoms with Gasteiger partial charge in [-0.05, 0) is 77.7 Å². The predicted molar refractivity (Wildman–Crippen MR) is 170 cm³/mol. The molecule has 6 rings (SSSR count). The van der Waals surface area contributed by atoms with Crippen molar-refractivity contribution in [1.82, 2.24) is 5.32 Å². The Morgan fingerprint density at radius 1 is 0.675 bits per heavy atom. The molecule has 0 radical (unpaired) electrons. The van der Waals surface area contributed by atoms with E-state index in [4.69, 9.17) is 6.58 Å². The molecule has 0 aliphatic heterocycles. The van der Waals surface area contributed by atoms with Gasteiger partial charge in [-0.15, -0.1) is 0 Å². The van der Waals surface area contributed by atoms with E-state index in [9.17, 15) is 0 Å².